The van der Waals surface area contributed by atoms with Gasteiger partial charge in [-0.15, -0.1) is 0 Å². The van der Waals surface area contributed by atoms with E-state index in [1.54, 1.807) is 7.11 Å². The molecule has 0 spiro atoms. The molecule has 2 rings (SSSR count). The van der Waals surface area contributed by atoms with Crippen molar-refractivity contribution in [2.75, 3.05) is 20.3 Å². The van der Waals surface area contributed by atoms with E-state index in [4.69, 9.17) is 19.5 Å². The maximum Gasteiger partial charge on any atom is 0.175 e. The van der Waals surface area contributed by atoms with Gasteiger partial charge in [0.1, 0.15) is 5.75 Å². The summed E-state index contributed by atoms with van der Waals surface area (Å²) in [6, 6.07) is 16.1. The molecule has 0 saturated carbocycles. The Morgan fingerprint density at radius 1 is 0.846 bits per heavy atom. The highest BCUT2D eigenvalue weighted by Crippen LogP contribution is 2.42. The van der Waals surface area contributed by atoms with Crippen LogP contribution in [-0.2, 0) is 15.2 Å². The van der Waals surface area contributed by atoms with Crippen molar-refractivity contribution in [3.8, 4) is 5.75 Å². The fourth-order valence-electron chi connectivity index (χ4n) is 2.40. The quantitative estimate of drug-likeness (QED) is 0.573. The number of methoxy groups -OCH3 is 1. The summed E-state index contributed by atoms with van der Waals surface area (Å²) < 4.78 is 16.5. The van der Waals surface area contributed by atoms with Gasteiger partial charge in [-0.1, -0.05) is 50.2 Å². The molecule has 144 valence electrons. The normalized spacial score (nSPS) is 11.7. The van der Waals surface area contributed by atoms with Gasteiger partial charge in [-0.05, 0) is 42.7 Å². The lowest BCUT2D eigenvalue weighted by molar-refractivity contribution is 0.268. The van der Waals surface area contributed by atoms with E-state index in [0.717, 1.165) is 23.0 Å². The molecule has 0 saturated heterocycles. The Hall–Kier alpha value is -1.45. The van der Waals surface area contributed by atoms with Gasteiger partial charge in [-0.25, -0.2) is 0 Å². The molecule has 4 nitrogen and oxygen atoms in total. The highest BCUT2D eigenvalue weighted by atomic mass is 31.2. The molecule has 1 unspecified atom stereocenters. The van der Waals surface area contributed by atoms with Gasteiger partial charge in [0, 0.05) is 6.16 Å². The smallest absolute Gasteiger partial charge is 0.175 e. The van der Waals surface area contributed by atoms with Gasteiger partial charge >= 0.3 is 0 Å². The van der Waals surface area contributed by atoms with Crippen LogP contribution in [0.5, 0.6) is 5.75 Å². The molecular weight excluding hydrogens is 345 g/mol. The molecule has 0 aliphatic carbocycles. The lowest BCUT2D eigenvalue weighted by Crippen LogP contribution is -2.11. The van der Waals surface area contributed by atoms with Crippen LogP contribution in [0.15, 0.2) is 48.5 Å². The first kappa shape index (κ1) is 22.6. The Morgan fingerprint density at radius 3 is 1.73 bits per heavy atom. The predicted octanol–water partition coefficient (Wildman–Crippen LogP) is 5.65. The van der Waals surface area contributed by atoms with Crippen LogP contribution in [0, 0.1) is 0 Å². The van der Waals surface area contributed by atoms with E-state index in [2.05, 4.69) is 24.3 Å². The molecule has 2 N–H and O–H groups in total. The van der Waals surface area contributed by atoms with Crippen LogP contribution in [-0.4, -0.2) is 20.3 Å². The van der Waals surface area contributed by atoms with Gasteiger partial charge < -0.3 is 19.5 Å². The summed E-state index contributed by atoms with van der Waals surface area (Å²) in [6.07, 6.45) is 0.801. The average molecular weight is 377 g/mol. The maximum absolute atomic E-state index is 6.37. The Morgan fingerprint density at radius 2 is 1.31 bits per heavy atom. The molecule has 2 aromatic rings. The topological polar surface area (TPSA) is 53.7 Å². The van der Waals surface area contributed by atoms with Crippen LogP contribution in [0.1, 0.15) is 50.4 Å². The first-order valence-electron chi connectivity index (χ1n) is 9.19. The largest absolute Gasteiger partial charge is 0.497 e. The minimum absolute atomic E-state index is 0.148. The molecule has 2 aromatic carbocycles. The van der Waals surface area contributed by atoms with Crippen molar-refractivity contribution in [3.05, 3.63) is 65.2 Å². The number of hydrogen-bond donors (Lipinski definition) is 1. The lowest BCUT2D eigenvalue weighted by Gasteiger charge is -2.17. The molecule has 0 heterocycles. The first-order valence-corrected chi connectivity index (χ1v) is 10.6. The number of nitrogens with two attached hydrogens (primary N) is 1. The summed E-state index contributed by atoms with van der Waals surface area (Å²) in [4.78, 5) is 0. The Kier molecular flexibility index (Phi) is 11.1. The van der Waals surface area contributed by atoms with Gasteiger partial charge in [0.15, 0.2) is 8.38 Å². The van der Waals surface area contributed by atoms with Gasteiger partial charge in [0.25, 0.3) is 0 Å². The molecule has 0 fully saturated rings. The number of rotatable bonds is 9. The second-order valence-corrected chi connectivity index (χ2v) is 6.82. The fourth-order valence-corrected chi connectivity index (χ4v) is 3.74. The number of benzene rings is 2. The average Bonchev–Trinajstić information content (AvgIpc) is 2.70. The van der Waals surface area contributed by atoms with Gasteiger partial charge in [-0.3, -0.25) is 0 Å². The fraction of sp³-hybridized carbons (Fsp3) is 0.429. The molecule has 0 aliphatic heterocycles. The number of ether oxygens (including phenoxy) is 1. The number of hydrogen-bond acceptors (Lipinski definition) is 4. The van der Waals surface area contributed by atoms with Gasteiger partial charge in [0.2, 0.25) is 0 Å². The van der Waals surface area contributed by atoms with Gasteiger partial charge in [0.05, 0.1) is 26.4 Å². The summed E-state index contributed by atoms with van der Waals surface area (Å²) in [5, 5.41) is 0. The molecular formula is C21H32NO3P. The van der Waals surface area contributed by atoms with Crippen LogP contribution < -0.4 is 10.5 Å². The molecule has 0 radical (unpaired) electrons. The molecule has 26 heavy (non-hydrogen) atoms. The minimum Gasteiger partial charge on any atom is -0.497 e. The molecule has 1 atom stereocenters. The highest BCUT2D eigenvalue weighted by Gasteiger charge is 2.12. The van der Waals surface area contributed by atoms with Crippen molar-refractivity contribution < 1.29 is 13.8 Å². The third kappa shape index (κ3) is 7.05. The van der Waals surface area contributed by atoms with E-state index in [-0.39, 0.29) is 6.04 Å². The van der Waals surface area contributed by atoms with Gasteiger partial charge in [-0.2, -0.15) is 0 Å². The zero-order chi connectivity index (χ0) is 19.4. The van der Waals surface area contributed by atoms with Crippen LogP contribution >= 0.6 is 8.38 Å². The Balaban J connectivity index is 0.00000163. The van der Waals surface area contributed by atoms with E-state index in [0.29, 0.717) is 13.2 Å². The van der Waals surface area contributed by atoms with Crippen molar-refractivity contribution in [2.24, 2.45) is 5.73 Å². The Labute approximate surface area is 159 Å². The lowest BCUT2D eigenvalue weighted by atomic mass is 9.99. The van der Waals surface area contributed by atoms with E-state index in [1.807, 2.05) is 52.0 Å². The summed E-state index contributed by atoms with van der Waals surface area (Å²) >= 11 is 0. The SMILES string of the molecule is CC.CCOP(Cc1ccc(C(N)c2ccc(OC)cc2)cc1)OCC. The van der Waals surface area contributed by atoms with Crippen LogP contribution in [0.25, 0.3) is 0 Å². The second kappa shape index (κ2) is 12.8. The first-order chi connectivity index (χ1) is 12.7. The van der Waals surface area contributed by atoms with Crippen molar-refractivity contribution in [1.29, 1.82) is 0 Å². The monoisotopic (exact) mass is 377 g/mol. The highest BCUT2D eigenvalue weighted by molar-refractivity contribution is 7.46. The van der Waals surface area contributed by atoms with Crippen LogP contribution in [0.2, 0.25) is 0 Å². The van der Waals surface area contributed by atoms with Crippen LogP contribution in [0.4, 0.5) is 0 Å². The van der Waals surface area contributed by atoms with E-state index >= 15 is 0 Å². The summed E-state index contributed by atoms with van der Waals surface area (Å²) in [5.74, 6) is 0.835. The van der Waals surface area contributed by atoms with Crippen molar-refractivity contribution >= 4 is 8.38 Å². The summed E-state index contributed by atoms with van der Waals surface area (Å²) in [7, 11) is 0.803. The van der Waals surface area contributed by atoms with E-state index in [9.17, 15) is 0 Å². The molecule has 0 amide bonds. The minimum atomic E-state index is -0.857. The predicted molar refractivity (Wildman–Crippen MR) is 111 cm³/mol. The molecule has 0 aliphatic rings. The molecule has 0 aromatic heterocycles. The van der Waals surface area contributed by atoms with Crippen LogP contribution in [0.3, 0.4) is 0 Å². The third-order valence-corrected chi connectivity index (χ3v) is 5.39. The van der Waals surface area contributed by atoms with E-state index in [1.165, 1.54) is 5.56 Å². The van der Waals surface area contributed by atoms with Crippen molar-refractivity contribution in [2.45, 2.75) is 39.9 Å². The Bertz CT molecular complexity index is 596. The van der Waals surface area contributed by atoms with Crippen molar-refractivity contribution in [1.82, 2.24) is 0 Å². The van der Waals surface area contributed by atoms with Crippen molar-refractivity contribution in [3.63, 3.8) is 0 Å². The summed E-state index contributed by atoms with van der Waals surface area (Å²) in [5.41, 5.74) is 9.72. The standard InChI is InChI=1S/C19H26NO3P.C2H6/c1-4-22-24(23-5-2)14-15-6-8-16(9-7-15)19(20)17-10-12-18(21-3)13-11-17;1-2/h6-13,19H,4-5,14,20H2,1-3H3;1-2H3. The zero-order valence-corrected chi connectivity index (χ0v) is 17.5. The third-order valence-electron chi connectivity index (χ3n) is 3.67. The summed E-state index contributed by atoms with van der Waals surface area (Å²) in [6.45, 7) is 9.33. The second-order valence-electron chi connectivity index (χ2n) is 5.32. The maximum atomic E-state index is 6.37. The zero-order valence-electron chi connectivity index (χ0n) is 16.6. The molecule has 0 bridgehead atoms. The molecule has 5 heteroatoms. The van der Waals surface area contributed by atoms with E-state index < -0.39 is 8.38 Å².